The van der Waals surface area contributed by atoms with E-state index < -0.39 is 0 Å². The third kappa shape index (κ3) is 15.2. The smallest absolute Gasteiger partial charge is 0.0824 e. The van der Waals surface area contributed by atoms with Crippen LogP contribution in [-0.4, -0.2) is 60.0 Å². The zero-order valence-electron chi connectivity index (χ0n) is 20.5. The van der Waals surface area contributed by atoms with E-state index in [-0.39, 0.29) is 22.3 Å². The molecule has 0 spiro atoms. The van der Waals surface area contributed by atoms with E-state index in [1.54, 1.807) is 18.7 Å². The standard InChI is InChI=1S/4C5H9N3.3CH4/c2*1-3-5-4-8(2)7-6-5;2*1-3-8-4-5(2)6-7-8;;;/h4*4H,3H2,1-2H3;3*1H4. The summed E-state index contributed by atoms with van der Waals surface area (Å²) in [5.41, 5.74) is 4.05. The summed E-state index contributed by atoms with van der Waals surface area (Å²) in [6.07, 6.45) is 9.60. The highest BCUT2D eigenvalue weighted by molar-refractivity contribution is 4.90. The normalized spacial score (nSPS) is 8.91. The van der Waals surface area contributed by atoms with Gasteiger partial charge < -0.3 is 0 Å². The Labute approximate surface area is 211 Å². The van der Waals surface area contributed by atoms with Gasteiger partial charge in [0, 0.05) is 52.0 Å². The molecule has 0 amide bonds. The molecule has 0 fully saturated rings. The SMILES string of the molecule is C.C.C.CCc1cn(C)nn1.CCc1cn(C)nn1.CCn1cc(C)nn1.CCn1cc(C)nn1. The van der Waals surface area contributed by atoms with Crippen molar-refractivity contribution in [2.24, 2.45) is 14.1 Å². The van der Waals surface area contributed by atoms with Gasteiger partial charge in [-0.1, -0.05) is 57.0 Å². The van der Waals surface area contributed by atoms with Gasteiger partial charge in [0.2, 0.25) is 0 Å². The molecule has 12 heteroatoms. The van der Waals surface area contributed by atoms with Crippen LogP contribution < -0.4 is 0 Å². The molecule has 0 N–H and O–H groups in total. The van der Waals surface area contributed by atoms with E-state index in [9.17, 15) is 0 Å². The van der Waals surface area contributed by atoms with Gasteiger partial charge in [0.05, 0.1) is 22.8 Å². The van der Waals surface area contributed by atoms with Crippen molar-refractivity contribution in [3.63, 3.8) is 0 Å². The fraction of sp³-hybridized carbons (Fsp3) is 0.652. The van der Waals surface area contributed by atoms with Gasteiger partial charge in [-0.15, -0.1) is 20.4 Å². The fourth-order valence-electron chi connectivity index (χ4n) is 2.21. The summed E-state index contributed by atoms with van der Waals surface area (Å²) in [4.78, 5) is 0. The van der Waals surface area contributed by atoms with Crippen LogP contribution >= 0.6 is 0 Å². The molecule has 0 atom stereocenters. The monoisotopic (exact) mass is 492 g/mol. The van der Waals surface area contributed by atoms with Gasteiger partial charge in [-0.05, 0) is 40.5 Å². The lowest BCUT2D eigenvalue weighted by molar-refractivity contribution is 0.626. The largest absolute Gasteiger partial charge is 0.255 e. The molecule has 4 rings (SSSR count). The second-order valence-corrected chi connectivity index (χ2v) is 6.91. The van der Waals surface area contributed by atoms with Crippen LogP contribution in [0.15, 0.2) is 24.8 Å². The highest BCUT2D eigenvalue weighted by Gasteiger charge is 1.91. The summed E-state index contributed by atoms with van der Waals surface area (Å²) in [5.74, 6) is 0. The lowest BCUT2D eigenvalue weighted by Crippen LogP contribution is -1.93. The summed E-state index contributed by atoms with van der Waals surface area (Å²) in [6, 6.07) is 0. The molecule has 12 nitrogen and oxygen atoms in total. The van der Waals surface area contributed by atoms with E-state index in [0.717, 1.165) is 48.7 Å². The van der Waals surface area contributed by atoms with Crippen molar-refractivity contribution in [2.75, 3.05) is 0 Å². The average Bonchev–Trinajstić information content (AvgIpc) is 3.58. The maximum Gasteiger partial charge on any atom is 0.0824 e. The molecule has 0 aliphatic heterocycles. The Kier molecular flexibility index (Phi) is 20.6. The summed E-state index contributed by atoms with van der Waals surface area (Å²) in [7, 11) is 3.73. The Bertz CT molecular complexity index is 835. The number of hydrogen-bond donors (Lipinski definition) is 0. The van der Waals surface area contributed by atoms with Crippen LogP contribution in [0, 0.1) is 13.8 Å². The van der Waals surface area contributed by atoms with Gasteiger partial charge in [-0.25, -0.2) is 0 Å². The molecule has 0 unspecified atom stereocenters. The number of rotatable bonds is 4. The number of hydrogen-bond acceptors (Lipinski definition) is 8. The first-order chi connectivity index (χ1) is 15.3. The van der Waals surface area contributed by atoms with Crippen LogP contribution in [0.1, 0.15) is 72.8 Å². The van der Waals surface area contributed by atoms with Gasteiger partial charge in [-0.2, -0.15) is 0 Å². The molecule has 0 aliphatic rings. The second-order valence-electron chi connectivity index (χ2n) is 6.91. The summed E-state index contributed by atoms with van der Waals surface area (Å²) < 4.78 is 7.02. The topological polar surface area (TPSA) is 123 Å². The van der Waals surface area contributed by atoms with Crippen LogP contribution in [0.25, 0.3) is 0 Å². The Hall–Kier alpha value is -3.44. The molecular formula is C23H48N12. The molecule has 4 aromatic rings. The molecule has 4 heterocycles. The van der Waals surface area contributed by atoms with E-state index >= 15 is 0 Å². The van der Waals surface area contributed by atoms with Crippen molar-refractivity contribution in [1.29, 1.82) is 0 Å². The predicted molar refractivity (Wildman–Crippen MR) is 142 cm³/mol. The van der Waals surface area contributed by atoms with Gasteiger partial charge >= 0.3 is 0 Å². The Morgan fingerprint density at radius 1 is 0.543 bits per heavy atom. The number of aromatic nitrogens is 12. The van der Waals surface area contributed by atoms with Crippen molar-refractivity contribution < 1.29 is 0 Å². The first kappa shape index (κ1) is 36.1. The van der Waals surface area contributed by atoms with Crippen molar-refractivity contribution in [2.45, 2.75) is 89.8 Å². The molecule has 4 aromatic heterocycles. The third-order valence-electron chi connectivity index (χ3n) is 3.98. The maximum absolute atomic E-state index is 3.85. The van der Waals surface area contributed by atoms with Crippen molar-refractivity contribution in [1.82, 2.24) is 60.0 Å². The van der Waals surface area contributed by atoms with Crippen LogP contribution in [0.3, 0.4) is 0 Å². The van der Waals surface area contributed by atoms with Crippen molar-refractivity contribution >= 4 is 0 Å². The molecule has 200 valence electrons. The average molecular weight is 493 g/mol. The highest BCUT2D eigenvalue weighted by Crippen LogP contribution is 1.90. The first-order valence-electron chi connectivity index (χ1n) is 10.7. The number of aryl methyl sites for hydroxylation is 8. The van der Waals surface area contributed by atoms with E-state index in [1.807, 2.05) is 66.6 Å². The molecule has 0 aliphatic carbocycles. The van der Waals surface area contributed by atoms with E-state index in [4.69, 9.17) is 0 Å². The van der Waals surface area contributed by atoms with Gasteiger partial charge in [0.25, 0.3) is 0 Å². The Morgan fingerprint density at radius 2 is 0.886 bits per heavy atom. The predicted octanol–water partition coefficient (Wildman–Crippen LogP) is 3.88. The molecular weight excluding hydrogens is 444 g/mol. The van der Waals surface area contributed by atoms with Crippen LogP contribution in [0.5, 0.6) is 0 Å². The van der Waals surface area contributed by atoms with Gasteiger partial charge in [0.15, 0.2) is 0 Å². The van der Waals surface area contributed by atoms with Gasteiger partial charge in [-0.3, -0.25) is 18.7 Å². The molecule has 0 saturated heterocycles. The lowest BCUT2D eigenvalue weighted by Gasteiger charge is -1.85. The van der Waals surface area contributed by atoms with Crippen LogP contribution in [-0.2, 0) is 40.0 Å². The van der Waals surface area contributed by atoms with Crippen molar-refractivity contribution in [3.8, 4) is 0 Å². The maximum atomic E-state index is 3.85. The van der Waals surface area contributed by atoms with Gasteiger partial charge in [0.1, 0.15) is 0 Å². The molecule has 0 aromatic carbocycles. The zero-order valence-corrected chi connectivity index (χ0v) is 20.5. The zero-order chi connectivity index (χ0) is 23.9. The minimum atomic E-state index is 0. The highest BCUT2D eigenvalue weighted by atomic mass is 15.4. The molecule has 35 heavy (non-hydrogen) atoms. The molecule has 0 radical (unpaired) electrons. The third-order valence-corrected chi connectivity index (χ3v) is 3.98. The minimum Gasteiger partial charge on any atom is -0.255 e. The Morgan fingerprint density at radius 3 is 1.00 bits per heavy atom. The van der Waals surface area contributed by atoms with Crippen LogP contribution in [0.4, 0.5) is 0 Å². The first-order valence-corrected chi connectivity index (χ1v) is 10.7. The molecule has 0 bridgehead atoms. The van der Waals surface area contributed by atoms with E-state index in [1.165, 1.54) is 0 Å². The van der Waals surface area contributed by atoms with E-state index in [0.29, 0.717) is 0 Å². The van der Waals surface area contributed by atoms with Crippen LogP contribution in [0.2, 0.25) is 0 Å². The molecule has 0 saturated carbocycles. The van der Waals surface area contributed by atoms with E-state index in [2.05, 4.69) is 55.1 Å². The Balaban J connectivity index is -0.000000379. The summed E-state index contributed by atoms with van der Waals surface area (Å²) in [6.45, 7) is 13.9. The number of nitrogens with zero attached hydrogens (tertiary/aromatic N) is 12. The quantitative estimate of drug-likeness (QED) is 0.420. The second kappa shape index (κ2) is 20.0. The van der Waals surface area contributed by atoms with Crippen molar-refractivity contribution in [3.05, 3.63) is 47.6 Å². The lowest BCUT2D eigenvalue weighted by atomic mass is 10.4. The summed E-state index contributed by atoms with van der Waals surface area (Å²) >= 11 is 0. The minimum absolute atomic E-state index is 0. The fourth-order valence-corrected chi connectivity index (χ4v) is 2.21. The summed E-state index contributed by atoms with van der Waals surface area (Å²) in [5, 5.41) is 30.4.